The smallest absolute Gasteiger partial charge is 0.0618 e. The fourth-order valence-corrected chi connectivity index (χ4v) is 8.12. The van der Waals surface area contributed by atoms with Gasteiger partial charge >= 0.3 is 0 Å². The Labute approximate surface area is 355 Å². The van der Waals surface area contributed by atoms with Crippen LogP contribution in [-0.4, -0.2) is 0 Å². The monoisotopic (exact) mass is 772 g/mol. The van der Waals surface area contributed by atoms with Crippen LogP contribution in [0, 0.1) is 0 Å². The Morgan fingerprint density at radius 1 is 0.333 bits per heavy atom. The normalized spacial score (nSPS) is 11.2. The summed E-state index contributed by atoms with van der Waals surface area (Å²) in [4.78, 5) is 2.47. The lowest BCUT2D eigenvalue weighted by atomic mass is 9.86. The molecule has 9 aromatic rings. The number of benzene rings is 9. The SMILES string of the molecule is CC(C)(C)c1cc(Nc2c(-c3ccccc3)cccc2-c2ccccc2)cc(N(c2ccc(-c3ccccc3)cc2)c2c(-c3ccccc3)cccc2-c2ccccc2)c1. The predicted octanol–water partition coefficient (Wildman–Crippen LogP) is 16.5. The quantitative estimate of drug-likeness (QED) is 0.149. The van der Waals surface area contributed by atoms with E-state index in [1.165, 1.54) is 16.7 Å². The van der Waals surface area contributed by atoms with Gasteiger partial charge in [-0.25, -0.2) is 0 Å². The maximum atomic E-state index is 4.05. The summed E-state index contributed by atoms with van der Waals surface area (Å²) in [7, 11) is 0. The average Bonchev–Trinajstić information content (AvgIpc) is 3.30. The minimum atomic E-state index is -0.155. The molecule has 2 nitrogen and oxygen atoms in total. The molecule has 0 aliphatic carbocycles. The largest absolute Gasteiger partial charge is 0.354 e. The van der Waals surface area contributed by atoms with Crippen molar-refractivity contribution in [1.82, 2.24) is 0 Å². The first-order valence-electron chi connectivity index (χ1n) is 20.8. The number of rotatable bonds is 10. The molecular weight excluding hydrogens is 725 g/mol. The molecule has 0 aliphatic heterocycles. The van der Waals surface area contributed by atoms with Gasteiger partial charge in [-0.2, -0.15) is 0 Å². The van der Waals surface area contributed by atoms with Gasteiger partial charge in [0.15, 0.2) is 0 Å². The van der Waals surface area contributed by atoms with Gasteiger partial charge in [-0.15, -0.1) is 0 Å². The van der Waals surface area contributed by atoms with E-state index in [-0.39, 0.29) is 5.41 Å². The molecule has 2 heteroatoms. The van der Waals surface area contributed by atoms with Crippen molar-refractivity contribution < 1.29 is 0 Å². The number of nitrogens with zero attached hydrogens (tertiary/aromatic N) is 1. The molecule has 0 saturated heterocycles. The summed E-state index contributed by atoms with van der Waals surface area (Å²) in [5.74, 6) is 0. The topological polar surface area (TPSA) is 15.3 Å². The number of hydrogen-bond acceptors (Lipinski definition) is 2. The van der Waals surface area contributed by atoms with E-state index in [9.17, 15) is 0 Å². The Balaban J connectivity index is 1.31. The average molecular weight is 773 g/mol. The summed E-state index contributed by atoms with van der Waals surface area (Å²) >= 11 is 0. The lowest BCUT2D eigenvalue weighted by molar-refractivity contribution is 0.590. The second kappa shape index (κ2) is 16.8. The van der Waals surface area contributed by atoms with Gasteiger partial charge in [-0.05, 0) is 74.7 Å². The van der Waals surface area contributed by atoms with Crippen LogP contribution < -0.4 is 10.2 Å². The van der Waals surface area contributed by atoms with Gasteiger partial charge in [0, 0.05) is 39.3 Å². The Morgan fingerprint density at radius 3 is 1.15 bits per heavy atom. The van der Waals surface area contributed by atoms with Crippen molar-refractivity contribution >= 4 is 28.4 Å². The van der Waals surface area contributed by atoms with E-state index in [2.05, 4.69) is 262 Å². The predicted molar refractivity (Wildman–Crippen MR) is 257 cm³/mol. The van der Waals surface area contributed by atoms with Crippen LogP contribution in [0.25, 0.3) is 55.6 Å². The molecule has 0 aliphatic rings. The highest BCUT2D eigenvalue weighted by atomic mass is 15.1. The van der Waals surface area contributed by atoms with Crippen molar-refractivity contribution in [3.05, 3.63) is 236 Å². The number of anilines is 5. The molecule has 0 bridgehead atoms. The van der Waals surface area contributed by atoms with Crippen molar-refractivity contribution in [2.24, 2.45) is 0 Å². The first-order valence-corrected chi connectivity index (χ1v) is 20.8. The van der Waals surface area contributed by atoms with Gasteiger partial charge < -0.3 is 10.2 Å². The molecule has 0 fully saturated rings. The van der Waals surface area contributed by atoms with Crippen LogP contribution in [0.15, 0.2) is 231 Å². The third kappa shape index (κ3) is 8.01. The zero-order valence-corrected chi connectivity index (χ0v) is 34.4. The van der Waals surface area contributed by atoms with Crippen molar-refractivity contribution in [3.8, 4) is 55.6 Å². The summed E-state index contributed by atoms with van der Waals surface area (Å²) in [6.45, 7) is 6.90. The molecule has 1 N–H and O–H groups in total. The maximum absolute atomic E-state index is 4.05. The molecule has 290 valence electrons. The summed E-state index contributed by atoms with van der Waals surface area (Å²) < 4.78 is 0. The Hall–Kier alpha value is -7.42. The van der Waals surface area contributed by atoms with E-state index in [1.807, 2.05) is 0 Å². The second-order valence-corrected chi connectivity index (χ2v) is 16.3. The molecule has 60 heavy (non-hydrogen) atoms. The Morgan fingerprint density at radius 2 is 0.717 bits per heavy atom. The van der Waals surface area contributed by atoms with Gasteiger partial charge in [0.2, 0.25) is 0 Å². The molecule has 0 heterocycles. The first kappa shape index (κ1) is 38.1. The third-order valence-corrected chi connectivity index (χ3v) is 11.2. The summed E-state index contributed by atoms with van der Waals surface area (Å²) in [5, 5.41) is 4.05. The third-order valence-electron chi connectivity index (χ3n) is 11.2. The van der Waals surface area contributed by atoms with Crippen LogP contribution in [0.4, 0.5) is 28.4 Å². The van der Waals surface area contributed by atoms with E-state index >= 15 is 0 Å². The number of nitrogens with one attached hydrogen (secondary N) is 1. The van der Waals surface area contributed by atoms with E-state index in [0.29, 0.717) is 0 Å². The summed E-state index contributed by atoms with van der Waals surface area (Å²) in [6.07, 6.45) is 0. The van der Waals surface area contributed by atoms with Gasteiger partial charge in [0.1, 0.15) is 0 Å². The Bertz CT molecular complexity index is 2710. The van der Waals surface area contributed by atoms with Crippen molar-refractivity contribution in [1.29, 1.82) is 0 Å². The van der Waals surface area contributed by atoms with Crippen LogP contribution in [0.2, 0.25) is 0 Å². The van der Waals surface area contributed by atoms with Gasteiger partial charge in [-0.1, -0.05) is 221 Å². The van der Waals surface area contributed by atoms with E-state index in [1.54, 1.807) is 0 Å². The van der Waals surface area contributed by atoms with Crippen LogP contribution in [0.5, 0.6) is 0 Å². The maximum Gasteiger partial charge on any atom is 0.0618 e. The van der Waals surface area contributed by atoms with Crippen LogP contribution in [0.1, 0.15) is 26.3 Å². The standard InChI is InChI=1S/C58H48N2/c1-58(2,3)48-39-49(59-56-52(44-23-11-5-12-24-44)31-19-32-53(56)45-25-13-6-14-26-45)41-51(40-48)60(50-37-35-43(36-38-50)42-21-9-4-10-22-42)57-54(46-27-15-7-16-28-46)33-20-34-55(57)47-29-17-8-18-30-47/h4-41,59H,1-3H3. The van der Waals surface area contributed by atoms with Crippen LogP contribution in [-0.2, 0) is 5.41 Å². The number of hydrogen-bond donors (Lipinski definition) is 1. The molecule has 0 radical (unpaired) electrons. The second-order valence-electron chi connectivity index (χ2n) is 16.3. The molecule has 0 spiro atoms. The van der Waals surface area contributed by atoms with Gasteiger partial charge in [0.05, 0.1) is 11.4 Å². The molecule has 0 aromatic heterocycles. The molecule has 0 atom stereocenters. The lowest BCUT2D eigenvalue weighted by Gasteiger charge is -2.32. The minimum absolute atomic E-state index is 0.155. The van der Waals surface area contributed by atoms with E-state index < -0.39 is 0 Å². The highest BCUT2D eigenvalue weighted by molar-refractivity contribution is 5.99. The summed E-state index contributed by atoms with van der Waals surface area (Å²) in [6, 6.07) is 83.0. The van der Waals surface area contributed by atoms with Crippen LogP contribution >= 0.6 is 0 Å². The van der Waals surface area contributed by atoms with E-state index in [0.717, 1.165) is 72.9 Å². The van der Waals surface area contributed by atoms with Crippen molar-refractivity contribution in [2.75, 3.05) is 10.2 Å². The highest BCUT2D eigenvalue weighted by Crippen LogP contribution is 2.49. The fraction of sp³-hybridized carbons (Fsp3) is 0.0690. The zero-order valence-electron chi connectivity index (χ0n) is 34.4. The van der Waals surface area contributed by atoms with Gasteiger partial charge in [0.25, 0.3) is 0 Å². The first-order chi connectivity index (χ1) is 29.4. The summed E-state index contributed by atoms with van der Waals surface area (Å²) in [5.41, 5.74) is 18.0. The Kier molecular flexibility index (Phi) is 10.7. The lowest BCUT2D eigenvalue weighted by Crippen LogP contribution is -2.16. The highest BCUT2D eigenvalue weighted by Gasteiger charge is 2.25. The van der Waals surface area contributed by atoms with Crippen molar-refractivity contribution in [3.63, 3.8) is 0 Å². The molecule has 9 aromatic carbocycles. The van der Waals surface area contributed by atoms with Gasteiger partial charge in [-0.3, -0.25) is 0 Å². The fourth-order valence-electron chi connectivity index (χ4n) is 8.12. The van der Waals surface area contributed by atoms with E-state index in [4.69, 9.17) is 0 Å². The molecule has 0 unspecified atom stereocenters. The molecule has 0 saturated carbocycles. The molecule has 9 rings (SSSR count). The molecular formula is C58H48N2. The zero-order chi connectivity index (χ0) is 40.9. The van der Waals surface area contributed by atoms with Crippen molar-refractivity contribution in [2.45, 2.75) is 26.2 Å². The minimum Gasteiger partial charge on any atom is -0.354 e. The van der Waals surface area contributed by atoms with Crippen LogP contribution in [0.3, 0.4) is 0 Å². The molecule has 0 amide bonds. The number of para-hydroxylation sites is 2.